The zero-order valence-electron chi connectivity index (χ0n) is 19.8. The summed E-state index contributed by atoms with van der Waals surface area (Å²) < 4.78 is 2.16. The van der Waals surface area contributed by atoms with Crippen LogP contribution < -0.4 is 0 Å². The van der Waals surface area contributed by atoms with Gasteiger partial charge in [0.1, 0.15) is 0 Å². The van der Waals surface area contributed by atoms with Gasteiger partial charge in [-0.2, -0.15) is 0 Å². The first-order chi connectivity index (χ1) is 11.8. The summed E-state index contributed by atoms with van der Waals surface area (Å²) in [5.41, 5.74) is 1.32. The van der Waals surface area contributed by atoms with E-state index in [1.165, 1.54) is 0 Å². The van der Waals surface area contributed by atoms with Gasteiger partial charge in [0.05, 0.1) is 12.0 Å². The van der Waals surface area contributed by atoms with Crippen LogP contribution in [0.3, 0.4) is 0 Å². The van der Waals surface area contributed by atoms with Crippen molar-refractivity contribution < 1.29 is 4.79 Å². The van der Waals surface area contributed by atoms with E-state index in [0.717, 1.165) is 18.8 Å². The minimum Gasteiger partial charge on any atom is -0.332 e. The van der Waals surface area contributed by atoms with E-state index in [9.17, 15) is 4.79 Å². The molecule has 27 heavy (non-hydrogen) atoms. The summed E-state index contributed by atoms with van der Waals surface area (Å²) in [5.74, 6) is 0. The molecule has 0 spiro atoms. The number of urea groups is 1. The number of carbonyl (C=O) groups is 1. The van der Waals surface area contributed by atoms with Gasteiger partial charge in [-0.05, 0) is 62.3 Å². The Labute approximate surface area is 167 Å². The Morgan fingerprint density at radius 1 is 0.741 bits per heavy atom. The minimum absolute atomic E-state index is 0.0584. The lowest BCUT2D eigenvalue weighted by molar-refractivity contribution is 0.133. The molecule has 1 aromatic rings. The number of imidazole rings is 1. The van der Waals surface area contributed by atoms with Gasteiger partial charge in [-0.15, -0.1) is 0 Å². The molecule has 5 nitrogen and oxygen atoms in total. The topological polar surface area (TPSA) is 41.4 Å². The van der Waals surface area contributed by atoms with Crippen molar-refractivity contribution in [3.05, 3.63) is 18.2 Å². The molecule has 1 saturated heterocycles. The SMILES string of the molecule is CC(C)(C)N1CCN(C(C)(C)C)C1=O.CC(C)(C)c1cn(C(C)(C)C)cn1. The summed E-state index contributed by atoms with van der Waals surface area (Å²) in [6, 6.07) is 0.171. The maximum absolute atomic E-state index is 12.1. The Morgan fingerprint density at radius 2 is 1.15 bits per heavy atom. The molecule has 0 bridgehead atoms. The van der Waals surface area contributed by atoms with Gasteiger partial charge in [0.25, 0.3) is 0 Å². The second kappa shape index (κ2) is 7.48. The van der Waals surface area contributed by atoms with Crippen LogP contribution in [0, 0.1) is 0 Å². The molecule has 2 heterocycles. The van der Waals surface area contributed by atoms with Crippen LogP contribution in [-0.2, 0) is 11.0 Å². The smallest absolute Gasteiger partial charge is 0.320 e. The molecule has 1 aliphatic rings. The van der Waals surface area contributed by atoms with E-state index >= 15 is 0 Å². The van der Waals surface area contributed by atoms with Crippen LogP contribution in [0.1, 0.15) is 88.8 Å². The standard InChI is InChI=1S/C11H22N2O.C11H20N2/c1-10(2,3)12-7-8-13(9(12)14)11(4,5)6;1-10(2,3)9-7-13(8-12-9)11(4,5)6/h7-8H2,1-6H3;7-8H,1-6H3. The van der Waals surface area contributed by atoms with Crippen molar-refractivity contribution in [2.24, 2.45) is 0 Å². The van der Waals surface area contributed by atoms with Crippen LogP contribution in [0.15, 0.2) is 12.5 Å². The van der Waals surface area contributed by atoms with Crippen LogP contribution >= 0.6 is 0 Å². The summed E-state index contributed by atoms with van der Waals surface area (Å²) in [6.45, 7) is 27.3. The molecular weight excluding hydrogens is 336 g/mol. The zero-order chi connectivity index (χ0) is 21.4. The Balaban J connectivity index is 0.000000271. The number of hydrogen-bond acceptors (Lipinski definition) is 2. The van der Waals surface area contributed by atoms with E-state index in [0.29, 0.717) is 0 Å². The monoisotopic (exact) mass is 378 g/mol. The first-order valence-corrected chi connectivity index (χ1v) is 9.99. The highest BCUT2D eigenvalue weighted by Crippen LogP contribution is 2.26. The predicted molar refractivity (Wildman–Crippen MR) is 114 cm³/mol. The van der Waals surface area contributed by atoms with Crippen LogP contribution in [0.5, 0.6) is 0 Å². The van der Waals surface area contributed by atoms with Gasteiger partial charge in [0.15, 0.2) is 0 Å². The van der Waals surface area contributed by atoms with E-state index in [2.05, 4.69) is 98.8 Å². The zero-order valence-corrected chi connectivity index (χ0v) is 19.8. The summed E-state index contributed by atoms with van der Waals surface area (Å²) in [7, 11) is 0. The van der Waals surface area contributed by atoms with Gasteiger partial charge in [-0.3, -0.25) is 0 Å². The van der Waals surface area contributed by atoms with Crippen molar-refractivity contribution >= 4 is 6.03 Å². The van der Waals surface area contributed by atoms with E-state index in [1.807, 2.05) is 16.1 Å². The molecule has 1 aromatic heterocycles. The lowest BCUT2D eigenvalue weighted by Gasteiger charge is -2.35. The fraction of sp³-hybridized carbons (Fsp3) is 0.818. The quantitative estimate of drug-likeness (QED) is 0.618. The first-order valence-electron chi connectivity index (χ1n) is 9.99. The lowest BCUT2D eigenvalue weighted by Crippen LogP contribution is -2.48. The average Bonchev–Trinajstić information content (AvgIpc) is 3.01. The van der Waals surface area contributed by atoms with Crippen molar-refractivity contribution in [1.29, 1.82) is 0 Å². The van der Waals surface area contributed by atoms with E-state index in [4.69, 9.17) is 0 Å². The van der Waals surface area contributed by atoms with Crippen molar-refractivity contribution in [1.82, 2.24) is 19.4 Å². The number of amides is 2. The third kappa shape index (κ3) is 6.25. The lowest BCUT2D eigenvalue weighted by atomic mass is 9.93. The molecule has 1 aliphatic heterocycles. The van der Waals surface area contributed by atoms with Gasteiger partial charge in [-0.25, -0.2) is 9.78 Å². The number of hydrogen-bond donors (Lipinski definition) is 0. The normalized spacial score (nSPS) is 16.5. The molecule has 0 aliphatic carbocycles. The molecule has 5 heteroatoms. The van der Waals surface area contributed by atoms with Crippen molar-refractivity contribution in [2.75, 3.05) is 13.1 Å². The minimum atomic E-state index is -0.0584. The van der Waals surface area contributed by atoms with Gasteiger partial charge < -0.3 is 14.4 Å². The third-order valence-electron chi connectivity index (χ3n) is 4.75. The maximum Gasteiger partial charge on any atom is 0.320 e. The third-order valence-corrected chi connectivity index (χ3v) is 4.75. The Kier molecular flexibility index (Phi) is 6.51. The van der Waals surface area contributed by atoms with E-state index < -0.39 is 0 Å². The molecule has 1 fully saturated rings. The first kappa shape index (κ1) is 23.5. The summed E-state index contributed by atoms with van der Waals surface area (Å²) in [6.07, 6.45) is 4.06. The molecule has 0 aromatic carbocycles. The Hall–Kier alpha value is -1.52. The Bertz CT molecular complexity index is 580. The molecular formula is C22H42N4O. The van der Waals surface area contributed by atoms with Gasteiger partial charge >= 0.3 is 6.03 Å². The highest BCUT2D eigenvalue weighted by molar-refractivity contribution is 5.78. The average molecular weight is 379 g/mol. The maximum atomic E-state index is 12.1. The molecule has 156 valence electrons. The summed E-state index contributed by atoms with van der Waals surface area (Å²) >= 11 is 0. The molecule has 0 N–H and O–H groups in total. The number of rotatable bonds is 0. The largest absolute Gasteiger partial charge is 0.332 e. The molecule has 2 rings (SSSR count). The van der Waals surface area contributed by atoms with Crippen LogP contribution in [-0.4, -0.2) is 49.5 Å². The van der Waals surface area contributed by atoms with Crippen molar-refractivity contribution in [2.45, 2.75) is 105 Å². The summed E-state index contributed by atoms with van der Waals surface area (Å²) in [4.78, 5) is 20.4. The molecule has 0 unspecified atom stereocenters. The van der Waals surface area contributed by atoms with Crippen LogP contribution in [0.2, 0.25) is 0 Å². The van der Waals surface area contributed by atoms with Crippen LogP contribution in [0.4, 0.5) is 4.79 Å². The van der Waals surface area contributed by atoms with Gasteiger partial charge in [0, 0.05) is 41.3 Å². The highest BCUT2D eigenvalue weighted by Gasteiger charge is 2.40. The molecule has 0 saturated carbocycles. The molecule has 0 radical (unpaired) electrons. The number of nitrogens with zero attached hydrogens (tertiary/aromatic N) is 4. The van der Waals surface area contributed by atoms with Crippen molar-refractivity contribution in [3.8, 4) is 0 Å². The van der Waals surface area contributed by atoms with Gasteiger partial charge in [-0.1, -0.05) is 20.8 Å². The second-order valence-corrected chi connectivity index (χ2v) is 11.5. The second-order valence-electron chi connectivity index (χ2n) is 11.5. The number of aromatic nitrogens is 2. The molecule has 0 atom stereocenters. The number of carbonyl (C=O) groups excluding carboxylic acids is 1. The van der Waals surface area contributed by atoms with E-state index in [-0.39, 0.29) is 28.1 Å². The predicted octanol–water partition coefficient (Wildman–Crippen LogP) is 5.26. The summed E-state index contributed by atoms with van der Waals surface area (Å²) in [5, 5.41) is 0. The van der Waals surface area contributed by atoms with Crippen LogP contribution in [0.25, 0.3) is 0 Å². The fourth-order valence-corrected chi connectivity index (χ4v) is 2.86. The highest BCUT2D eigenvalue weighted by atomic mass is 16.2. The molecule has 2 amide bonds. The Morgan fingerprint density at radius 3 is 1.33 bits per heavy atom. The fourth-order valence-electron chi connectivity index (χ4n) is 2.86. The van der Waals surface area contributed by atoms with Crippen molar-refractivity contribution in [3.63, 3.8) is 0 Å². The van der Waals surface area contributed by atoms with Gasteiger partial charge in [0.2, 0.25) is 0 Å². The van der Waals surface area contributed by atoms with E-state index in [1.54, 1.807) is 0 Å².